The van der Waals surface area contributed by atoms with E-state index in [1.165, 1.54) is 16.9 Å². The van der Waals surface area contributed by atoms with E-state index in [2.05, 4.69) is 10.4 Å². The van der Waals surface area contributed by atoms with Gasteiger partial charge in [0.1, 0.15) is 10.8 Å². The smallest absolute Gasteiger partial charge is 0.303 e. The fraction of sp³-hybridized carbons (Fsp3) is 0.267. The van der Waals surface area contributed by atoms with Crippen LogP contribution in [0.5, 0.6) is 0 Å². The molecule has 0 saturated carbocycles. The maximum Gasteiger partial charge on any atom is 0.303 e. The molecule has 2 aromatic rings. The van der Waals surface area contributed by atoms with Crippen molar-refractivity contribution in [3.05, 3.63) is 46.9 Å². The zero-order valence-electron chi connectivity index (χ0n) is 12.1. The predicted octanol–water partition coefficient (Wildman–Crippen LogP) is 2.92. The molecule has 23 heavy (non-hydrogen) atoms. The van der Waals surface area contributed by atoms with E-state index in [1.807, 2.05) is 0 Å². The molecule has 1 aromatic heterocycles. The Labute approximate surface area is 136 Å². The molecule has 0 aliphatic heterocycles. The molecule has 0 aliphatic rings. The van der Waals surface area contributed by atoms with Gasteiger partial charge in [0, 0.05) is 24.6 Å². The number of carbonyl (C=O) groups excluding carboxylic acids is 1. The van der Waals surface area contributed by atoms with Crippen LogP contribution >= 0.6 is 11.6 Å². The molecule has 8 heteroatoms. The number of rotatable bonds is 7. The molecule has 122 valence electrons. The van der Waals surface area contributed by atoms with Crippen molar-refractivity contribution in [3.63, 3.8) is 0 Å². The molecule has 0 radical (unpaired) electrons. The maximum atomic E-state index is 13.6. The fourth-order valence-electron chi connectivity index (χ4n) is 1.96. The second-order valence-corrected chi connectivity index (χ2v) is 5.32. The molecule has 6 nitrogen and oxygen atoms in total. The molecule has 0 saturated heterocycles. The molecule has 0 unspecified atom stereocenters. The van der Waals surface area contributed by atoms with Gasteiger partial charge in [0.15, 0.2) is 5.82 Å². The highest BCUT2D eigenvalue weighted by Crippen LogP contribution is 2.21. The SMILES string of the molecule is O=C(O)CCCC(=O)Nc1nn(Cc2ccccc2F)cc1Cl. The number of carboxylic acids is 1. The summed E-state index contributed by atoms with van der Waals surface area (Å²) in [5.41, 5.74) is 0.450. The van der Waals surface area contributed by atoms with E-state index in [0.717, 1.165) is 0 Å². The minimum absolute atomic E-state index is 0.0583. The Balaban J connectivity index is 1.97. The lowest BCUT2D eigenvalue weighted by Crippen LogP contribution is -2.13. The number of anilines is 1. The van der Waals surface area contributed by atoms with Crippen LogP contribution in [0.25, 0.3) is 0 Å². The Morgan fingerprint density at radius 2 is 2.04 bits per heavy atom. The molecule has 1 aromatic carbocycles. The Kier molecular flexibility index (Phi) is 5.70. The molecular formula is C15H15ClFN3O3. The Hall–Kier alpha value is -2.41. The monoisotopic (exact) mass is 339 g/mol. The van der Waals surface area contributed by atoms with Gasteiger partial charge in [0.2, 0.25) is 5.91 Å². The average Bonchev–Trinajstić information content (AvgIpc) is 2.81. The average molecular weight is 340 g/mol. The number of amides is 1. The first-order valence-electron chi connectivity index (χ1n) is 6.93. The lowest BCUT2D eigenvalue weighted by Gasteiger charge is -2.03. The first-order valence-corrected chi connectivity index (χ1v) is 7.31. The number of carbonyl (C=O) groups is 2. The molecule has 0 atom stereocenters. The standard InChI is InChI=1S/C15H15ClFN3O3/c16-11-9-20(8-10-4-1-2-5-12(10)17)19-15(11)18-13(21)6-3-7-14(22)23/h1-2,4-5,9H,3,6-8H2,(H,22,23)(H,18,19,21). The van der Waals surface area contributed by atoms with Crippen LogP contribution in [0.3, 0.4) is 0 Å². The minimum atomic E-state index is -0.954. The van der Waals surface area contributed by atoms with Gasteiger partial charge in [0.25, 0.3) is 0 Å². The van der Waals surface area contributed by atoms with Crippen molar-refractivity contribution in [2.45, 2.75) is 25.8 Å². The molecule has 2 N–H and O–H groups in total. The summed E-state index contributed by atoms with van der Waals surface area (Å²) in [7, 11) is 0. The lowest BCUT2D eigenvalue weighted by atomic mass is 10.2. The van der Waals surface area contributed by atoms with Crippen molar-refractivity contribution in [3.8, 4) is 0 Å². The lowest BCUT2D eigenvalue weighted by molar-refractivity contribution is -0.137. The first-order chi connectivity index (χ1) is 11.0. The van der Waals surface area contributed by atoms with Gasteiger partial charge < -0.3 is 10.4 Å². The quantitative estimate of drug-likeness (QED) is 0.812. The van der Waals surface area contributed by atoms with Crippen LogP contribution in [0.2, 0.25) is 5.02 Å². The number of carboxylic acid groups (broad SMARTS) is 1. The molecule has 0 aliphatic carbocycles. The van der Waals surface area contributed by atoms with Gasteiger partial charge in [-0.3, -0.25) is 14.3 Å². The Morgan fingerprint density at radius 1 is 1.30 bits per heavy atom. The highest BCUT2D eigenvalue weighted by Gasteiger charge is 2.12. The van der Waals surface area contributed by atoms with Gasteiger partial charge in [-0.25, -0.2) is 4.39 Å². The number of nitrogens with zero attached hydrogens (tertiary/aromatic N) is 2. The predicted molar refractivity (Wildman–Crippen MR) is 82.9 cm³/mol. The van der Waals surface area contributed by atoms with E-state index in [-0.39, 0.29) is 48.4 Å². The van der Waals surface area contributed by atoms with E-state index >= 15 is 0 Å². The van der Waals surface area contributed by atoms with Crippen molar-refractivity contribution in [2.75, 3.05) is 5.32 Å². The Morgan fingerprint density at radius 3 is 2.74 bits per heavy atom. The van der Waals surface area contributed by atoms with Crippen LogP contribution in [0.15, 0.2) is 30.5 Å². The number of hydrogen-bond acceptors (Lipinski definition) is 3. The van der Waals surface area contributed by atoms with Gasteiger partial charge >= 0.3 is 5.97 Å². The van der Waals surface area contributed by atoms with Crippen LogP contribution in [-0.4, -0.2) is 26.8 Å². The topological polar surface area (TPSA) is 84.2 Å². The summed E-state index contributed by atoms with van der Waals surface area (Å²) in [5, 5.41) is 15.4. The van der Waals surface area contributed by atoms with Crippen LogP contribution in [0.1, 0.15) is 24.8 Å². The van der Waals surface area contributed by atoms with E-state index in [4.69, 9.17) is 16.7 Å². The normalized spacial score (nSPS) is 10.5. The molecule has 0 spiro atoms. The zero-order valence-corrected chi connectivity index (χ0v) is 12.9. The summed E-state index contributed by atoms with van der Waals surface area (Å²) in [4.78, 5) is 22.1. The van der Waals surface area contributed by atoms with Crippen LogP contribution in [0, 0.1) is 5.82 Å². The van der Waals surface area contributed by atoms with E-state index in [1.54, 1.807) is 18.2 Å². The third kappa shape index (κ3) is 5.07. The number of aliphatic carboxylic acids is 1. The minimum Gasteiger partial charge on any atom is -0.481 e. The zero-order chi connectivity index (χ0) is 16.8. The van der Waals surface area contributed by atoms with Gasteiger partial charge in [-0.2, -0.15) is 5.10 Å². The summed E-state index contributed by atoms with van der Waals surface area (Å²) in [6, 6.07) is 6.30. The molecule has 0 fully saturated rings. The molecule has 2 rings (SSSR count). The molecule has 1 amide bonds. The van der Waals surface area contributed by atoms with Gasteiger partial charge in [-0.1, -0.05) is 29.8 Å². The highest BCUT2D eigenvalue weighted by atomic mass is 35.5. The van der Waals surface area contributed by atoms with E-state index < -0.39 is 5.97 Å². The van der Waals surface area contributed by atoms with E-state index in [0.29, 0.717) is 5.56 Å². The van der Waals surface area contributed by atoms with Crippen LogP contribution < -0.4 is 5.32 Å². The van der Waals surface area contributed by atoms with Crippen molar-refractivity contribution >= 4 is 29.3 Å². The number of aromatic nitrogens is 2. The van der Waals surface area contributed by atoms with Gasteiger partial charge in [-0.05, 0) is 12.5 Å². The number of hydrogen-bond donors (Lipinski definition) is 2. The summed E-state index contributed by atoms with van der Waals surface area (Å²) >= 11 is 5.99. The summed E-state index contributed by atoms with van der Waals surface area (Å²) in [6.45, 7) is 0.182. The van der Waals surface area contributed by atoms with Gasteiger partial charge in [-0.15, -0.1) is 0 Å². The van der Waals surface area contributed by atoms with Crippen LogP contribution in [0.4, 0.5) is 10.2 Å². The second kappa shape index (κ2) is 7.73. The van der Waals surface area contributed by atoms with Crippen molar-refractivity contribution in [1.82, 2.24) is 9.78 Å². The maximum absolute atomic E-state index is 13.6. The summed E-state index contributed by atoms with van der Waals surface area (Å²) in [6.07, 6.45) is 1.70. The number of nitrogens with one attached hydrogen (secondary N) is 1. The summed E-state index contributed by atoms with van der Waals surface area (Å²) in [5.74, 6) is -1.50. The molecule has 0 bridgehead atoms. The summed E-state index contributed by atoms with van der Waals surface area (Å²) < 4.78 is 15.0. The third-order valence-corrected chi connectivity index (χ3v) is 3.34. The second-order valence-electron chi connectivity index (χ2n) is 4.91. The van der Waals surface area contributed by atoms with E-state index in [9.17, 15) is 14.0 Å². The number of halogens is 2. The highest BCUT2D eigenvalue weighted by molar-refractivity contribution is 6.33. The Bertz CT molecular complexity index is 718. The van der Waals surface area contributed by atoms with Crippen LogP contribution in [-0.2, 0) is 16.1 Å². The number of benzene rings is 1. The fourth-order valence-corrected chi connectivity index (χ4v) is 2.16. The molecular weight excluding hydrogens is 325 g/mol. The first kappa shape index (κ1) is 17.0. The van der Waals surface area contributed by atoms with Crippen molar-refractivity contribution < 1.29 is 19.1 Å². The largest absolute Gasteiger partial charge is 0.481 e. The van der Waals surface area contributed by atoms with Crippen molar-refractivity contribution in [1.29, 1.82) is 0 Å². The van der Waals surface area contributed by atoms with Gasteiger partial charge in [0.05, 0.1) is 6.54 Å². The van der Waals surface area contributed by atoms with Crippen molar-refractivity contribution in [2.24, 2.45) is 0 Å². The molecule has 1 heterocycles. The third-order valence-electron chi connectivity index (χ3n) is 3.06.